The summed E-state index contributed by atoms with van der Waals surface area (Å²) in [7, 11) is 1.80. The molecule has 0 aliphatic heterocycles. The summed E-state index contributed by atoms with van der Waals surface area (Å²) in [4.78, 5) is 9.87. The van der Waals surface area contributed by atoms with E-state index in [1.54, 1.807) is 18.4 Å². The standard InChI is InChI=1S/C16H30N4OS/c1-6-21-14(12(2)3)7-9-18-16(17-5)19-10-8-15-20-11-13(4)22-15/h11-12,14H,6-10H2,1-5H3,(H2,17,18,19). The fourth-order valence-corrected chi connectivity index (χ4v) is 2.97. The van der Waals surface area contributed by atoms with Gasteiger partial charge in [-0.25, -0.2) is 4.98 Å². The molecule has 2 N–H and O–H groups in total. The lowest BCUT2D eigenvalue weighted by Gasteiger charge is -2.21. The van der Waals surface area contributed by atoms with Crippen LogP contribution in [0.15, 0.2) is 11.2 Å². The van der Waals surface area contributed by atoms with E-state index < -0.39 is 0 Å². The number of aromatic nitrogens is 1. The molecule has 22 heavy (non-hydrogen) atoms. The van der Waals surface area contributed by atoms with Gasteiger partial charge < -0.3 is 15.4 Å². The van der Waals surface area contributed by atoms with Gasteiger partial charge in [0, 0.05) is 44.2 Å². The molecule has 0 aromatic carbocycles. The molecule has 0 aliphatic rings. The lowest BCUT2D eigenvalue weighted by Crippen LogP contribution is -2.40. The Morgan fingerprint density at radius 2 is 2.09 bits per heavy atom. The van der Waals surface area contributed by atoms with E-state index in [-0.39, 0.29) is 0 Å². The van der Waals surface area contributed by atoms with Crippen LogP contribution in [0, 0.1) is 12.8 Å². The Hall–Kier alpha value is -1.14. The summed E-state index contributed by atoms with van der Waals surface area (Å²) in [6.07, 6.45) is 4.13. The zero-order valence-corrected chi connectivity index (χ0v) is 15.3. The third-order valence-electron chi connectivity index (χ3n) is 3.37. The first-order chi connectivity index (χ1) is 10.6. The van der Waals surface area contributed by atoms with Crippen LogP contribution in [-0.2, 0) is 11.2 Å². The van der Waals surface area contributed by atoms with Crippen LogP contribution >= 0.6 is 11.3 Å². The molecule has 1 rings (SSSR count). The summed E-state index contributed by atoms with van der Waals surface area (Å²) < 4.78 is 5.75. The number of aliphatic imine (C=N–C) groups is 1. The lowest BCUT2D eigenvalue weighted by molar-refractivity contribution is 0.0258. The van der Waals surface area contributed by atoms with Gasteiger partial charge in [0.25, 0.3) is 0 Å². The molecule has 0 saturated carbocycles. The Balaban J connectivity index is 2.24. The molecule has 0 fully saturated rings. The van der Waals surface area contributed by atoms with Crippen molar-refractivity contribution in [2.75, 3.05) is 26.7 Å². The number of nitrogens with zero attached hydrogens (tertiary/aromatic N) is 2. The zero-order chi connectivity index (χ0) is 16.4. The predicted octanol–water partition coefficient (Wildman–Crippen LogP) is 2.61. The van der Waals surface area contributed by atoms with E-state index in [0.717, 1.165) is 43.5 Å². The van der Waals surface area contributed by atoms with Crippen molar-refractivity contribution in [2.45, 2.75) is 46.6 Å². The van der Waals surface area contributed by atoms with Crippen LogP contribution in [0.25, 0.3) is 0 Å². The van der Waals surface area contributed by atoms with Gasteiger partial charge >= 0.3 is 0 Å². The zero-order valence-electron chi connectivity index (χ0n) is 14.5. The number of guanidine groups is 1. The van der Waals surface area contributed by atoms with Crippen LogP contribution < -0.4 is 10.6 Å². The summed E-state index contributed by atoms with van der Waals surface area (Å²) in [6, 6.07) is 0. The quantitative estimate of drug-likeness (QED) is 0.541. The second-order valence-corrected chi connectivity index (χ2v) is 6.89. The first-order valence-electron chi connectivity index (χ1n) is 8.04. The van der Waals surface area contributed by atoms with Gasteiger partial charge in [0.05, 0.1) is 11.1 Å². The second-order valence-electron chi connectivity index (χ2n) is 5.57. The Morgan fingerprint density at radius 1 is 1.36 bits per heavy atom. The van der Waals surface area contributed by atoms with Crippen molar-refractivity contribution in [2.24, 2.45) is 10.9 Å². The minimum Gasteiger partial charge on any atom is -0.378 e. The molecule has 0 radical (unpaired) electrons. The SMILES string of the molecule is CCOC(CCNC(=NC)NCCc1ncc(C)s1)C(C)C. The molecular weight excluding hydrogens is 296 g/mol. The number of nitrogens with one attached hydrogen (secondary N) is 2. The first-order valence-corrected chi connectivity index (χ1v) is 8.85. The number of rotatable bonds is 9. The summed E-state index contributed by atoms with van der Waals surface area (Å²) >= 11 is 1.75. The van der Waals surface area contributed by atoms with Gasteiger partial charge in [0.2, 0.25) is 0 Å². The molecule has 1 unspecified atom stereocenters. The molecule has 1 atom stereocenters. The molecule has 0 spiro atoms. The average molecular weight is 327 g/mol. The first kappa shape index (κ1) is 18.9. The van der Waals surface area contributed by atoms with E-state index in [0.29, 0.717) is 12.0 Å². The monoisotopic (exact) mass is 326 g/mol. The third kappa shape index (κ3) is 7.22. The van der Waals surface area contributed by atoms with Crippen LogP contribution in [0.3, 0.4) is 0 Å². The lowest BCUT2D eigenvalue weighted by atomic mass is 10.0. The molecule has 1 heterocycles. The van der Waals surface area contributed by atoms with Gasteiger partial charge in [0.1, 0.15) is 0 Å². The fraction of sp³-hybridized carbons (Fsp3) is 0.750. The van der Waals surface area contributed by atoms with Gasteiger partial charge in [-0.1, -0.05) is 13.8 Å². The van der Waals surface area contributed by atoms with Crippen LogP contribution in [0.5, 0.6) is 0 Å². The van der Waals surface area contributed by atoms with Crippen LogP contribution in [-0.4, -0.2) is 43.8 Å². The average Bonchev–Trinajstić information content (AvgIpc) is 2.90. The Kier molecular flexibility index (Phi) is 9.08. The number of hydrogen-bond acceptors (Lipinski definition) is 4. The molecule has 1 aromatic rings. The maximum absolute atomic E-state index is 5.75. The van der Waals surface area contributed by atoms with Gasteiger partial charge in [-0.15, -0.1) is 11.3 Å². The smallest absolute Gasteiger partial charge is 0.190 e. The van der Waals surface area contributed by atoms with Crippen molar-refractivity contribution in [3.8, 4) is 0 Å². The highest BCUT2D eigenvalue weighted by molar-refractivity contribution is 7.11. The van der Waals surface area contributed by atoms with Crippen molar-refractivity contribution in [1.82, 2.24) is 15.6 Å². The maximum atomic E-state index is 5.75. The molecule has 6 heteroatoms. The van der Waals surface area contributed by atoms with Gasteiger partial charge in [-0.2, -0.15) is 0 Å². The van der Waals surface area contributed by atoms with E-state index in [4.69, 9.17) is 4.74 Å². The highest BCUT2D eigenvalue weighted by atomic mass is 32.1. The van der Waals surface area contributed by atoms with E-state index in [1.807, 2.05) is 13.1 Å². The molecule has 0 amide bonds. The highest BCUT2D eigenvalue weighted by Gasteiger charge is 2.12. The Morgan fingerprint density at radius 3 is 2.64 bits per heavy atom. The minimum atomic E-state index is 0.300. The second kappa shape index (κ2) is 10.6. The van der Waals surface area contributed by atoms with E-state index in [9.17, 15) is 0 Å². The van der Waals surface area contributed by atoms with Crippen molar-refractivity contribution >= 4 is 17.3 Å². The number of thiazole rings is 1. The van der Waals surface area contributed by atoms with Crippen LogP contribution in [0.1, 0.15) is 37.1 Å². The van der Waals surface area contributed by atoms with E-state index >= 15 is 0 Å². The normalized spacial score (nSPS) is 13.5. The van der Waals surface area contributed by atoms with E-state index in [2.05, 4.69) is 41.4 Å². The maximum Gasteiger partial charge on any atom is 0.190 e. The van der Waals surface area contributed by atoms with Crippen LogP contribution in [0.2, 0.25) is 0 Å². The number of hydrogen-bond donors (Lipinski definition) is 2. The molecular formula is C16H30N4OS. The predicted molar refractivity (Wildman–Crippen MR) is 94.8 cm³/mol. The van der Waals surface area contributed by atoms with Crippen LogP contribution in [0.4, 0.5) is 0 Å². The van der Waals surface area contributed by atoms with E-state index in [1.165, 1.54) is 4.88 Å². The minimum absolute atomic E-state index is 0.300. The number of aryl methyl sites for hydroxylation is 1. The molecule has 0 bridgehead atoms. The van der Waals surface area contributed by atoms with Gasteiger partial charge in [-0.05, 0) is 26.2 Å². The summed E-state index contributed by atoms with van der Waals surface area (Å²) in [5, 5.41) is 7.84. The Labute approximate surface area is 138 Å². The molecule has 0 saturated heterocycles. The van der Waals surface area contributed by atoms with Crippen molar-refractivity contribution in [3.05, 3.63) is 16.1 Å². The molecule has 126 valence electrons. The molecule has 0 aliphatic carbocycles. The van der Waals surface area contributed by atoms with Gasteiger partial charge in [0.15, 0.2) is 5.96 Å². The summed E-state index contributed by atoms with van der Waals surface area (Å²) in [5.41, 5.74) is 0. The fourth-order valence-electron chi connectivity index (χ4n) is 2.18. The molecule has 5 nitrogen and oxygen atoms in total. The topological polar surface area (TPSA) is 58.5 Å². The summed E-state index contributed by atoms with van der Waals surface area (Å²) in [5.74, 6) is 1.37. The summed E-state index contributed by atoms with van der Waals surface area (Å²) in [6.45, 7) is 11.0. The largest absolute Gasteiger partial charge is 0.378 e. The van der Waals surface area contributed by atoms with Gasteiger partial charge in [-0.3, -0.25) is 4.99 Å². The number of ether oxygens (including phenoxy) is 1. The highest BCUT2D eigenvalue weighted by Crippen LogP contribution is 2.11. The molecule has 1 aromatic heterocycles. The van der Waals surface area contributed by atoms with Crippen molar-refractivity contribution in [3.63, 3.8) is 0 Å². The van der Waals surface area contributed by atoms with Crippen molar-refractivity contribution in [1.29, 1.82) is 0 Å². The van der Waals surface area contributed by atoms with Crippen molar-refractivity contribution < 1.29 is 4.74 Å². The third-order valence-corrected chi connectivity index (χ3v) is 4.34. The Bertz CT molecular complexity index is 445.